The molecule has 0 aromatic heterocycles. The molecule has 2 rings (SSSR count). The number of hydrogen-bond acceptors (Lipinski definition) is 5. The number of hydrogen-bond donors (Lipinski definition) is 2. The lowest BCUT2D eigenvalue weighted by atomic mass is 9.68. The standard InChI is InChI=1S/C17H23NO2.C2H2O4/c1-4-20-16(19)17(14-10-6-5-7-11-14)13-9-8-12-15(17)18(2)3;3-1(4)2(5)6/h5-8,10-12,15H,4,9,13H2,1-3H3;(H,3,4)(H,5,6)/t15-,17+;/m1./s1. The molecule has 26 heavy (non-hydrogen) atoms. The summed E-state index contributed by atoms with van der Waals surface area (Å²) in [5.74, 6) is -3.76. The van der Waals surface area contributed by atoms with Gasteiger partial charge in [0.15, 0.2) is 0 Å². The number of esters is 1. The molecule has 0 amide bonds. The number of benzene rings is 1. The summed E-state index contributed by atoms with van der Waals surface area (Å²) in [5.41, 5.74) is 0.441. The highest BCUT2D eigenvalue weighted by molar-refractivity contribution is 6.27. The van der Waals surface area contributed by atoms with E-state index >= 15 is 0 Å². The molecule has 0 heterocycles. The smallest absolute Gasteiger partial charge is 0.414 e. The maximum atomic E-state index is 12.8. The molecular formula is C19H25NO6. The van der Waals surface area contributed by atoms with Crippen molar-refractivity contribution >= 4 is 17.9 Å². The van der Waals surface area contributed by atoms with Gasteiger partial charge in [-0.25, -0.2) is 9.59 Å². The zero-order valence-electron chi connectivity index (χ0n) is 15.2. The van der Waals surface area contributed by atoms with Crippen LogP contribution in [0.1, 0.15) is 25.3 Å². The number of allylic oxidation sites excluding steroid dienone is 1. The van der Waals surface area contributed by atoms with E-state index in [1.54, 1.807) is 0 Å². The number of carboxylic acid groups (broad SMARTS) is 2. The van der Waals surface area contributed by atoms with Crippen molar-refractivity contribution in [2.24, 2.45) is 0 Å². The minimum absolute atomic E-state index is 0.0256. The van der Waals surface area contributed by atoms with Crippen LogP contribution in [-0.2, 0) is 24.5 Å². The molecule has 7 nitrogen and oxygen atoms in total. The second-order valence-corrected chi connectivity index (χ2v) is 6.04. The molecule has 1 aliphatic rings. The topological polar surface area (TPSA) is 104 Å². The van der Waals surface area contributed by atoms with Crippen LogP contribution in [0.25, 0.3) is 0 Å². The van der Waals surface area contributed by atoms with E-state index in [0.29, 0.717) is 6.61 Å². The third kappa shape index (κ3) is 4.92. The van der Waals surface area contributed by atoms with Gasteiger partial charge in [0.1, 0.15) is 5.41 Å². The van der Waals surface area contributed by atoms with Gasteiger partial charge in [0.2, 0.25) is 0 Å². The van der Waals surface area contributed by atoms with Crippen LogP contribution in [0.4, 0.5) is 0 Å². The molecule has 2 atom stereocenters. The molecule has 142 valence electrons. The zero-order chi connectivity index (χ0) is 19.7. The van der Waals surface area contributed by atoms with Crippen molar-refractivity contribution in [2.75, 3.05) is 20.7 Å². The first kappa shape index (κ1) is 21.4. The van der Waals surface area contributed by atoms with E-state index in [0.717, 1.165) is 18.4 Å². The number of ether oxygens (including phenoxy) is 1. The van der Waals surface area contributed by atoms with E-state index in [-0.39, 0.29) is 12.0 Å². The van der Waals surface area contributed by atoms with Crippen molar-refractivity contribution in [3.8, 4) is 0 Å². The van der Waals surface area contributed by atoms with Crippen LogP contribution in [0.15, 0.2) is 42.5 Å². The molecule has 0 aliphatic heterocycles. The zero-order valence-corrected chi connectivity index (χ0v) is 15.2. The minimum Gasteiger partial charge on any atom is -0.473 e. The molecule has 0 saturated carbocycles. The molecule has 2 N–H and O–H groups in total. The molecule has 1 aliphatic carbocycles. The van der Waals surface area contributed by atoms with Crippen LogP contribution in [0, 0.1) is 0 Å². The summed E-state index contributed by atoms with van der Waals surface area (Å²) in [7, 11) is 4.02. The van der Waals surface area contributed by atoms with Gasteiger partial charge in [-0.05, 0) is 39.4 Å². The summed E-state index contributed by atoms with van der Waals surface area (Å²) in [6, 6.07) is 10.0. The molecule has 0 spiro atoms. The van der Waals surface area contributed by atoms with Crippen molar-refractivity contribution in [3.63, 3.8) is 0 Å². The van der Waals surface area contributed by atoms with Crippen molar-refractivity contribution in [3.05, 3.63) is 48.0 Å². The van der Waals surface area contributed by atoms with Gasteiger partial charge >= 0.3 is 17.9 Å². The molecule has 0 bridgehead atoms. The monoisotopic (exact) mass is 363 g/mol. The van der Waals surface area contributed by atoms with Crippen molar-refractivity contribution in [2.45, 2.75) is 31.2 Å². The lowest BCUT2D eigenvalue weighted by Crippen LogP contribution is -2.54. The number of carbonyl (C=O) groups is 3. The van der Waals surface area contributed by atoms with Crippen molar-refractivity contribution in [1.29, 1.82) is 0 Å². The molecule has 0 radical (unpaired) electrons. The van der Waals surface area contributed by atoms with E-state index in [1.807, 2.05) is 51.4 Å². The predicted molar refractivity (Wildman–Crippen MR) is 95.9 cm³/mol. The third-order valence-electron chi connectivity index (χ3n) is 4.20. The van der Waals surface area contributed by atoms with Gasteiger partial charge in [0.05, 0.1) is 6.61 Å². The van der Waals surface area contributed by atoms with Crippen LogP contribution in [0.2, 0.25) is 0 Å². The highest BCUT2D eigenvalue weighted by Gasteiger charge is 2.49. The lowest BCUT2D eigenvalue weighted by molar-refractivity contribution is -0.159. The fraction of sp³-hybridized carbons (Fsp3) is 0.421. The van der Waals surface area contributed by atoms with E-state index in [4.69, 9.17) is 24.5 Å². The van der Waals surface area contributed by atoms with Crippen LogP contribution in [-0.4, -0.2) is 59.8 Å². The van der Waals surface area contributed by atoms with Crippen molar-refractivity contribution in [1.82, 2.24) is 4.90 Å². The maximum absolute atomic E-state index is 12.8. The lowest BCUT2D eigenvalue weighted by Gasteiger charge is -2.42. The molecule has 0 saturated heterocycles. The van der Waals surface area contributed by atoms with Gasteiger partial charge in [-0.3, -0.25) is 4.79 Å². The Morgan fingerprint density at radius 1 is 1.15 bits per heavy atom. The number of aliphatic carboxylic acids is 2. The minimum atomic E-state index is -1.82. The number of rotatable bonds is 4. The van der Waals surface area contributed by atoms with Gasteiger partial charge in [0.25, 0.3) is 0 Å². The SMILES string of the molecule is CCOC(=O)[C@]1(c2ccccc2)CCC=C[C@H]1N(C)C.O=C(O)C(=O)O. The van der Waals surface area contributed by atoms with Crippen LogP contribution < -0.4 is 0 Å². The van der Waals surface area contributed by atoms with E-state index < -0.39 is 17.4 Å². The largest absolute Gasteiger partial charge is 0.473 e. The van der Waals surface area contributed by atoms with Gasteiger partial charge < -0.3 is 19.8 Å². The molecule has 1 aromatic carbocycles. The predicted octanol–water partition coefficient (Wildman–Crippen LogP) is 1.92. The third-order valence-corrected chi connectivity index (χ3v) is 4.20. The molecular weight excluding hydrogens is 338 g/mol. The average molecular weight is 363 g/mol. The first-order chi connectivity index (χ1) is 12.3. The fourth-order valence-corrected chi connectivity index (χ4v) is 3.11. The van der Waals surface area contributed by atoms with E-state index in [9.17, 15) is 4.79 Å². The Hall–Kier alpha value is -2.67. The van der Waals surface area contributed by atoms with Crippen LogP contribution >= 0.6 is 0 Å². The van der Waals surface area contributed by atoms with Gasteiger partial charge in [-0.1, -0.05) is 42.5 Å². The quantitative estimate of drug-likeness (QED) is 0.478. The number of carboxylic acids is 2. The number of likely N-dealkylation sites (N-methyl/N-ethyl adjacent to an activating group) is 1. The Kier molecular flexibility index (Phi) is 7.99. The Labute approximate surface area is 152 Å². The summed E-state index contributed by atoms with van der Waals surface area (Å²) < 4.78 is 5.42. The normalized spacial score (nSPS) is 21.5. The highest BCUT2D eigenvalue weighted by Crippen LogP contribution is 2.40. The summed E-state index contributed by atoms with van der Waals surface area (Å²) in [6.45, 7) is 2.28. The summed E-state index contributed by atoms with van der Waals surface area (Å²) in [4.78, 5) is 33.0. The second-order valence-electron chi connectivity index (χ2n) is 6.04. The first-order valence-corrected chi connectivity index (χ1v) is 8.29. The van der Waals surface area contributed by atoms with Crippen molar-refractivity contribution < 1.29 is 29.3 Å². The number of carbonyl (C=O) groups excluding carboxylic acids is 1. The van der Waals surface area contributed by atoms with Crippen LogP contribution in [0.5, 0.6) is 0 Å². The molecule has 1 aromatic rings. The fourth-order valence-electron chi connectivity index (χ4n) is 3.11. The van der Waals surface area contributed by atoms with E-state index in [2.05, 4.69) is 17.1 Å². The number of nitrogens with zero attached hydrogens (tertiary/aromatic N) is 1. The maximum Gasteiger partial charge on any atom is 0.414 e. The summed E-state index contributed by atoms with van der Waals surface area (Å²) >= 11 is 0. The Morgan fingerprint density at radius 2 is 1.73 bits per heavy atom. The Bertz CT molecular complexity index is 643. The van der Waals surface area contributed by atoms with Gasteiger partial charge in [0, 0.05) is 6.04 Å². The summed E-state index contributed by atoms with van der Waals surface area (Å²) in [5, 5.41) is 14.8. The first-order valence-electron chi connectivity index (χ1n) is 8.29. The van der Waals surface area contributed by atoms with Gasteiger partial charge in [-0.15, -0.1) is 0 Å². The summed E-state index contributed by atoms with van der Waals surface area (Å²) in [6.07, 6.45) is 5.98. The molecule has 0 fully saturated rings. The Balaban J connectivity index is 0.000000487. The van der Waals surface area contributed by atoms with E-state index in [1.165, 1.54) is 0 Å². The average Bonchev–Trinajstić information content (AvgIpc) is 2.62. The molecule has 0 unspecified atom stereocenters. The van der Waals surface area contributed by atoms with Gasteiger partial charge in [-0.2, -0.15) is 0 Å². The highest BCUT2D eigenvalue weighted by atomic mass is 16.5. The second kappa shape index (κ2) is 9.72. The molecule has 7 heteroatoms. The van der Waals surface area contributed by atoms with Crippen LogP contribution in [0.3, 0.4) is 0 Å². The Morgan fingerprint density at radius 3 is 2.19 bits per heavy atom.